The van der Waals surface area contributed by atoms with Crippen molar-refractivity contribution in [1.82, 2.24) is 0 Å². The Bertz CT molecular complexity index is 678. The number of aliphatic hydroxyl groups is 1. The monoisotopic (exact) mass is 274 g/mol. The van der Waals surface area contributed by atoms with Gasteiger partial charge in [0.2, 0.25) is 0 Å². The van der Waals surface area contributed by atoms with Crippen LogP contribution < -0.4 is 0 Å². The predicted molar refractivity (Wildman–Crippen MR) is 86.2 cm³/mol. The summed E-state index contributed by atoms with van der Waals surface area (Å²) in [5.41, 5.74) is 2.62. The molecule has 0 fully saturated rings. The van der Waals surface area contributed by atoms with Crippen molar-refractivity contribution in [1.29, 1.82) is 0 Å². The molecule has 0 radical (unpaired) electrons. The SMILES string of the molecule is Cc1ccccc1C(O)(c1ccccc1)c1ccccc1. The van der Waals surface area contributed by atoms with E-state index in [1.54, 1.807) is 0 Å². The van der Waals surface area contributed by atoms with Crippen molar-refractivity contribution in [2.75, 3.05) is 0 Å². The zero-order valence-corrected chi connectivity index (χ0v) is 12.0. The van der Waals surface area contributed by atoms with Gasteiger partial charge in [-0.2, -0.15) is 0 Å². The van der Waals surface area contributed by atoms with Crippen molar-refractivity contribution >= 4 is 0 Å². The van der Waals surface area contributed by atoms with Crippen LogP contribution in [0.1, 0.15) is 22.3 Å². The molecule has 0 aliphatic rings. The molecule has 0 heterocycles. The van der Waals surface area contributed by atoms with Gasteiger partial charge in [0, 0.05) is 0 Å². The Morgan fingerprint density at radius 1 is 0.619 bits per heavy atom. The van der Waals surface area contributed by atoms with Gasteiger partial charge >= 0.3 is 0 Å². The molecule has 3 rings (SSSR count). The molecule has 0 aliphatic carbocycles. The normalized spacial score (nSPS) is 11.3. The largest absolute Gasteiger partial charge is 0.376 e. The lowest BCUT2D eigenvalue weighted by Gasteiger charge is -2.31. The summed E-state index contributed by atoms with van der Waals surface area (Å²) in [6.07, 6.45) is 0. The van der Waals surface area contributed by atoms with E-state index in [9.17, 15) is 5.11 Å². The Hall–Kier alpha value is -2.38. The number of rotatable bonds is 3. The molecule has 1 nitrogen and oxygen atoms in total. The average Bonchev–Trinajstić information content (AvgIpc) is 2.56. The summed E-state index contributed by atoms with van der Waals surface area (Å²) in [5, 5.41) is 11.6. The Labute approximate surface area is 125 Å². The van der Waals surface area contributed by atoms with Crippen molar-refractivity contribution in [3.05, 3.63) is 107 Å². The standard InChI is InChI=1S/C20H18O/c1-16-10-8-9-15-19(16)20(21,17-11-4-2-5-12-17)18-13-6-3-7-14-18/h2-15,21H,1H3. The molecule has 21 heavy (non-hydrogen) atoms. The summed E-state index contributed by atoms with van der Waals surface area (Å²) >= 11 is 0. The molecule has 0 spiro atoms. The topological polar surface area (TPSA) is 20.2 Å². The maximum atomic E-state index is 11.6. The van der Waals surface area contributed by atoms with Gasteiger partial charge in [0.05, 0.1) is 0 Å². The van der Waals surface area contributed by atoms with Crippen molar-refractivity contribution in [3.8, 4) is 0 Å². The molecule has 104 valence electrons. The first kappa shape index (κ1) is 13.6. The van der Waals surface area contributed by atoms with Gasteiger partial charge in [-0.1, -0.05) is 84.9 Å². The van der Waals surface area contributed by atoms with E-state index in [2.05, 4.69) is 0 Å². The fourth-order valence-corrected chi connectivity index (χ4v) is 2.82. The first-order chi connectivity index (χ1) is 10.2. The van der Waals surface area contributed by atoms with Gasteiger partial charge in [-0.25, -0.2) is 0 Å². The number of hydrogen-bond donors (Lipinski definition) is 1. The fraction of sp³-hybridized carbons (Fsp3) is 0.100. The fourth-order valence-electron chi connectivity index (χ4n) is 2.82. The van der Waals surface area contributed by atoms with E-state index in [4.69, 9.17) is 0 Å². The highest BCUT2D eigenvalue weighted by molar-refractivity contribution is 5.49. The predicted octanol–water partition coefficient (Wildman–Crippen LogP) is 4.28. The van der Waals surface area contributed by atoms with Crippen LogP contribution in [-0.4, -0.2) is 5.11 Å². The van der Waals surface area contributed by atoms with E-state index in [0.717, 1.165) is 22.3 Å². The maximum absolute atomic E-state index is 11.6. The Morgan fingerprint density at radius 2 is 1.05 bits per heavy atom. The van der Waals surface area contributed by atoms with Gasteiger partial charge in [0.25, 0.3) is 0 Å². The minimum Gasteiger partial charge on any atom is -0.376 e. The van der Waals surface area contributed by atoms with Gasteiger partial charge in [0.15, 0.2) is 0 Å². The summed E-state index contributed by atoms with van der Waals surface area (Å²) < 4.78 is 0. The third-order valence-electron chi connectivity index (χ3n) is 3.92. The average molecular weight is 274 g/mol. The number of benzene rings is 3. The summed E-state index contributed by atoms with van der Waals surface area (Å²) in [5.74, 6) is 0. The maximum Gasteiger partial charge on any atom is 0.140 e. The first-order valence-electron chi connectivity index (χ1n) is 7.12. The van der Waals surface area contributed by atoms with Gasteiger partial charge < -0.3 is 5.11 Å². The molecule has 0 unspecified atom stereocenters. The van der Waals surface area contributed by atoms with Crippen LogP contribution in [-0.2, 0) is 5.60 Å². The molecule has 0 saturated carbocycles. The smallest absolute Gasteiger partial charge is 0.140 e. The van der Waals surface area contributed by atoms with Crippen molar-refractivity contribution < 1.29 is 5.11 Å². The molecule has 1 heteroatoms. The Morgan fingerprint density at radius 3 is 1.52 bits per heavy atom. The third-order valence-corrected chi connectivity index (χ3v) is 3.92. The summed E-state index contributed by atoms with van der Waals surface area (Å²) in [4.78, 5) is 0. The molecule has 0 saturated heterocycles. The second-order valence-electron chi connectivity index (χ2n) is 5.26. The summed E-state index contributed by atoms with van der Waals surface area (Å²) in [6.45, 7) is 2.03. The quantitative estimate of drug-likeness (QED) is 0.707. The van der Waals surface area contributed by atoms with Crippen LogP contribution in [0, 0.1) is 6.92 Å². The third kappa shape index (κ3) is 2.37. The second kappa shape index (κ2) is 5.55. The second-order valence-corrected chi connectivity index (χ2v) is 5.26. The lowest BCUT2D eigenvalue weighted by Crippen LogP contribution is -2.29. The van der Waals surface area contributed by atoms with Gasteiger partial charge in [0.1, 0.15) is 5.60 Å². The molecule has 0 bridgehead atoms. The molecule has 0 aliphatic heterocycles. The lowest BCUT2D eigenvalue weighted by atomic mass is 9.79. The zero-order chi connectivity index (χ0) is 14.7. The minimum absolute atomic E-state index is 0.880. The highest BCUT2D eigenvalue weighted by Gasteiger charge is 2.34. The first-order valence-corrected chi connectivity index (χ1v) is 7.12. The number of hydrogen-bond acceptors (Lipinski definition) is 1. The highest BCUT2D eigenvalue weighted by Crippen LogP contribution is 2.37. The summed E-state index contributed by atoms with van der Waals surface area (Å²) in [7, 11) is 0. The van der Waals surface area contributed by atoms with E-state index in [0.29, 0.717) is 0 Å². The van der Waals surface area contributed by atoms with Crippen LogP contribution in [0.25, 0.3) is 0 Å². The van der Waals surface area contributed by atoms with E-state index in [-0.39, 0.29) is 0 Å². The Kier molecular flexibility index (Phi) is 3.59. The molecule has 3 aromatic carbocycles. The van der Waals surface area contributed by atoms with E-state index >= 15 is 0 Å². The van der Waals surface area contributed by atoms with Crippen molar-refractivity contribution in [2.24, 2.45) is 0 Å². The molecular formula is C20H18O. The number of aryl methyl sites for hydroxylation is 1. The summed E-state index contributed by atoms with van der Waals surface area (Å²) in [6, 6.07) is 27.7. The van der Waals surface area contributed by atoms with Crippen LogP contribution in [0.3, 0.4) is 0 Å². The van der Waals surface area contributed by atoms with Crippen LogP contribution in [0.15, 0.2) is 84.9 Å². The molecule has 3 aromatic rings. The van der Waals surface area contributed by atoms with Gasteiger partial charge in [-0.15, -0.1) is 0 Å². The van der Waals surface area contributed by atoms with Crippen LogP contribution in [0.5, 0.6) is 0 Å². The van der Waals surface area contributed by atoms with Gasteiger partial charge in [-0.05, 0) is 29.2 Å². The Balaban J connectivity index is 2.29. The van der Waals surface area contributed by atoms with E-state index < -0.39 is 5.60 Å². The van der Waals surface area contributed by atoms with Crippen molar-refractivity contribution in [2.45, 2.75) is 12.5 Å². The zero-order valence-electron chi connectivity index (χ0n) is 12.0. The van der Waals surface area contributed by atoms with Crippen LogP contribution in [0.4, 0.5) is 0 Å². The molecule has 0 atom stereocenters. The molecular weight excluding hydrogens is 256 g/mol. The van der Waals surface area contributed by atoms with E-state index in [1.165, 1.54) is 0 Å². The molecule has 0 amide bonds. The van der Waals surface area contributed by atoms with Gasteiger partial charge in [-0.3, -0.25) is 0 Å². The minimum atomic E-state index is -1.13. The van der Waals surface area contributed by atoms with Crippen LogP contribution in [0.2, 0.25) is 0 Å². The molecule has 0 aromatic heterocycles. The lowest BCUT2D eigenvalue weighted by molar-refractivity contribution is 0.125. The highest BCUT2D eigenvalue weighted by atomic mass is 16.3. The molecule has 1 N–H and O–H groups in total. The van der Waals surface area contributed by atoms with Crippen molar-refractivity contribution in [3.63, 3.8) is 0 Å². The van der Waals surface area contributed by atoms with Crippen LogP contribution >= 0.6 is 0 Å². The van der Waals surface area contributed by atoms with E-state index in [1.807, 2.05) is 91.9 Å².